The molecule has 0 radical (unpaired) electrons. The van der Waals surface area contributed by atoms with Gasteiger partial charge in [0.1, 0.15) is 6.10 Å². The molecule has 0 heterocycles. The molecule has 0 saturated heterocycles. The maximum absolute atomic E-state index is 11.5. The van der Waals surface area contributed by atoms with Crippen molar-refractivity contribution in [3.05, 3.63) is 35.9 Å². The molecular weight excluding hydrogens is 324 g/mol. The molecule has 82 valence electrons. The Labute approximate surface area is 106 Å². The first kappa shape index (κ1) is 12.7. The van der Waals surface area contributed by atoms with Crippen molar-refractivity contribution >= 4 is 37.8 Å². The fourth-order valence-corrected chi connectivity index (χ4v) is 2.43. The Morgan fingerprint density at radius 2 is 1.80 bits per heavy atom. The summed E-state index contributed by atoms with van der Waals surface area (Å²) in [7, 11) is 0. The number of carbonyl (C=O) groups excluding carboxylic acids is 1. The zero-order chi connectivity index (χ0) is 11.1. The summed E-state index contributed by atoms with van der Waals surface area (Å²) in [4.78, 5) is 11.5. The third kappa shape index (κ3) is 4.80. The van der Waals surface area contributed by atoms with E-state index in [2.05, 4.69) is 31.9 Å². The standard InChI is InChI=1S/C11H12Br2O2/c12-7-10(8-13)15-11(14)6-9-4-2-1-3-5-9/h1-5,10H,6-8H2. The van der Waals surface area contributed by atoms with Gasteiger partial charge in [-0.05, 0) is 5.56 Å². The van der Waals surface area contributed by atoms with Gasteiger partial charge in [0.15, 0.2) is 0 Å². The van der Waals surface area contributed by atoms with Gasteiger partial charge in [-0.15, -0.1) is 0 Å². The summed E-state index contributed by atoms with van der Waals surface area (Å²) < 4.78 is 5.22. The number of carbonyl (C=O) groups is 1. The van der Waals surface area contributed by atoms with Crippen molar-refractivity contribution in [2.24, 2.45) is 0 Å². The molecule has 4 heteroatoms. The molecule has 1 aromatic carbocycles. The van der Waals surface area contributed by atoms with Crippen LogP contribution in [-0.2, 0) is 16.0 Å². The van der Waals surface area contributed by atoms with Crippen molar-refractivity contribution in [2.75, 3.05) is 10.7 Å². The van der Waals surface area contributed by atoms with E-state index in [0.717, 1.165) is 5.56 Å². The highest BCUT2D eigenvalue weighted by atomic mass is 79.9. The molecule has 0 aliphatic rings. The molecule has 0 saturated carbocycles. The van der Waals surface area contributed by atoms with Crippen LogP contribution in [0.3, 0.4) is 0 Å². The van der Waals surface area contributed by atoms with Gasteiger partial charge in [0.2, 0.25) is 0 Å². The van der Waals surface area contributed by atoms with Gasteiger partial charge >= 0.3 is 5.97 Å². The second-order valence-electron chi connectivity index (χ2n) is 3.08. The number of esters is 1. The quantitative estimate of drug-likeness (QED) is 0.611. The molecule has 0 aliphatic carbocycles. The Bertz CT molecular complexity index is 297. The van der Waals surface area contributed by atoms with E-state index in [1.807, 2.05) is 30.3 Å². The second-order valence-corrected chi connectivity index (χ2v) is 4.38. The van der Waals surface area contributed by atoms with Crippen LogP contribution >= 0.6 is 31.9 Å². The molecule has 0 fully saturated rings. The second kappa shape index (κ2) is 7.01. The molecular formula is C11H12Br2O2. The molecule has 1 rings (SSSR count). The summed E-state index contributed by atoms with van der Waals surface area (Å²) in [5.74, 6) is -0.190. The topological polar surface area (TPSA) is 26.3 Å². The summed E-state index contributed by atoms with van der Waals surface area (Å²) in [5, 5.41) is 1.30. The lowest BCUT2D eigenvalue weighted by molar-refractivity contribution is -0.146. The zero-order valence-corrected chi connectivity index (χ0v) is 11.3. The summed E-state index contributed by atoms with van der Waals surface area (Å²) in [5.41, 5.74) is 0.977. The molecule has 15 heavy (non-hydrogen) atoms. The van der Waals surface area contributed by atoms with E-state index < -0.39 is 0 Å². The number of alkyl halides is 2. The van der Waals surface area contributed by atoms with E-state index in [0.29, 0.717) is 17.1 Å². The third-order valence-corrected chi connectivity index (χ3v) is 3.28. The average molecular weight is 336 g/mol. The Kier molecular flexibility index (Phi) is 5.95. The number of ether oxygens (including phenoxy) is 1. The van der Waals surface area contributed by atoms with Crippen LogP contribution in [0.4, 0.5) is 0 Å². The van der Waals surface area contributed by atoms with Crippen LogP contribution in [0.15, 0.2) is 30.3 Å². The summed E-state index contributed by atoms with van der Waals surface area (Å²) in [6.45, 7) is 0. The first-order valence-electron chi connectivity index (χ1n) is 4.61. The average Bonchev–Trinajstić information content (AvgIpc) is 2.27. The van der Waals surface area contributed by atoms with Gasteiger partial charge in [-0.2, -0.15) is 0 Å². The van der Waals surface area contributed by atoms with Gasteiger partial charge in [0.25, 0.3) is 0 Å². The van der Waals surface area contributed by atoms with Gasteiger partial charge in [0.05, 0.1) is 6.42 Å². The predicted molar refractivity (Wildman–Crippen MR) is 67.6 cm³/mol. The smallest absolute Gasteiger partial charge is 0.310 e. The van der Waals surface area contributed by atoms with Gasteiger partial charge in [-0.1, -0.05) is 62.2 Å². The summed E-state index contributed by atoms with van der Waals surface area (Å²) in [6, 6.07) is 9.58. The molecule has 0 atom stereocenters. The third-order valence-electron chi connectivity index (χ3n) is 1.83. The summed E-state index contributed by atoms with van der Waals surface area (Å²) >= 11 is 6.57. The van der Waals surface area contributed by atoms with Crippen molar-refractivity contribution in [1.82, 2.24) is 0 Å². The zero-order valence-electron chi connectivity index (χ0n) is 8.16. The van der Waals surface area contributed by atoms with Crippen LogP contribution in [0.1, 0.15) is 5.56 Å². The number of hydrogen-bond donors (Lipinski definition) is 0. The number of halogens is 2. The predicted octanol–water partition coefficient (Wildman–Crippen LogP) is 2.93. The lowest BCUT2D eigenvalue weighted by atomic mass is 10.2. The minimum atomic E-state index is -0.190. The van der Waals surface area contributed by atoms with Gasteiger partial charge < -0.3 is 4.74 Å². The minimum Gasteiger partial charge on any atom is -0.460 e. The molecule has 0 unspecified atom stereocenters. The fraction of sp³-hybridized carbons (Fsp3) is 0.364. The Morgan fingerprint density at radius 3 is 2.33 bits per heavy atom. The Hall–Kier alpha value is -0.350. The van der Waals surface area contributed by atoms with Crippen LogP contribution in [0.2, 0.25) is 0 Å². The normalized spacial score (nSPS) is 10.3. The molecule has 0 bridgehead atoms. The van der Waals surface area contributed by atoms with Gasteiger partial charge in [-0.25, -0.2) is 0 Å². The van der Waals surface area contributed by atoms with Crippen molar-refractivity contribution in [1.29, 1.82) is 0 Å². The van der Waals surface area contributed by atoms with Crippen LogP contribution < -0.4 is 0 Å². The molecule has 0 aliphatic heterocycles. The molecule has 0 amide bonds. The van der Waals surface area contributed by atoms with E-state index in [9.17, 15) is 4.79 Å². The van der Waals surface area contributed by atoms with E-state index in [1.54, 1.807) is 0 Å². The first-order valence-corrected chi connectivity index (χ1v) is 6.86. The van der Waals surface area contributed by atoms with Crippen LogP contribution in [0.25, 0.3) is 0 Å². The number of benzene rings is 1. The molecule has 0 aromatic heterocycles. The van der Waals surface area contributed by atoms with Crippen molar-refractivity contribution in [3.63, 3.8) is 0 Å². The van der Waals surface area contributed by atoms with Gasteiger partial charge in [-0.3, -0.25) is 4.79 Å². The molecule has 2 nitrogen and oxygen atoms in total. The minimum absolute atomic E-state index is 0.0961. The number of hydrogen-bond acceptors (Lipinski definition) is 2. The molecule has 1 aromatic rings. The number of rotatable bonds is 5. The highest BCUT2D eigenvalue weighted by Crippen LogP contribution is 2.06. The summed E-state index contributed by atoms with van der Waals surface area (Å²) in [6.07, 6.45) is 0.235. The fourth-order valence-electron chi connectivity index (χ4n) is 1.09. The van der Waals surface area contributed by atoms with E-state index in [4.69, 9.17) is 4.74 Å². The lowest BCUT2D eigenvalue weighted by Crippen LogP contribution is -2.22. The van der Waals surface area contributed by atoms with E-state index in [1.165, 1.54) is 0 Å². The Balaban J connectivity index is 2.43. The van der Waals surface area contributed by atoms with Crippen molar-refractivity contribution in [2.45, 2.75) is 12.5 Å². The van der Waals surface area contributed by atoms with Crippen LogP contribution in [0, 0.1) is 0 Å². The Morgan fingerprint density at radius 1 is 1.20 bits per heavy atom. The van der Waals surface area contributed by atoms with E-state index >= 15 is 0 Å². The lowest BCUT2D eigenvalue weighted by Gasteiger charge is -2.12. The van der Waals surface area contributed by atoms with E-state index in [-0.39, 0.29) is 12.1 Å². The first-order chi connectivity index (χ1) is 7.26. The SMILES string of the molecule is O=C(Cc1ccccc1)OC(CBr)CBr. The van der Waals surface area contributed by atoms with Crippen molar-refractivity contribution in [3.8, 4) is 0 Å². The largest absolute Gasteiger partial charge is 0.460 e. The highest BCUT2D eigenvalue weighted by molar-refractivity contribution is 9.09. The highest BCUT2D eigenvalue weighted by Gasteiger charge is 2.11. The maximum Gasteiger partial charge on any atom is 0.310 e. The molecule has 0 spiro atoms. The van der Waals surface area contributed by atoms with Crippen LogP contribution in [0.5, 0.6) is 0 Å². The molecule has 0 N–H and O–H groups in total. The van der Waals surface area contributed by atoms with Crippen molar-refractivity contribution < 1.29 is 9.53 Å². The van der Waals surface area contributed by atoms with Crippen LogP contribution in [-0.4, -0.2) is 22.7 Å². The maximum atomic E-state index is 11.5. The monoisotopic (exact) mass is 334 g/mol. The van der Waals surface area contributed by atoms with Gasteiger partial charge in [0, 0.05) is 10.7 Å².